The largest absolute Gasteiger partial charge is 0.486 e. The second kappa shape index (κ2) is 5.63. The third-order valence-corrected chi connectivity index (χ3v) is 3.55. The Kier molecular flexibility index (Phi) is 4.06. The minimum absolute atomic E-state index is 0.353. The fraction of sp³-hybridized carbons (Fsp3) is 0.467. The number of fused-ring (bicyclic) bond motifs is 1. The highest BCUT2D eigenvalue weighted by Crippen LogP contribution is 2.35. The summed E-state index contributed by atoms with van der Waals surface area (Å²) in [6.07, 6.45) is 0. The SMILES string of the molecule is C[C@@H](NC(=O)C(C)(C)c1ccc2c(c1)OCCO2)C(=O)O. The maximum absolute atomic E-state index is 12.3. The van der Waals surface area contributed by atoms with Crippen LogP contribution in [-0.2, 0) is 15.0 Å². The van der Waals surface area contributed by atoms with Gasteiger partial charge in [-0.2, -0.15) is 0 Å². The van der Waals surface area contributed by atoms with Crippen LogP contribution >= 0.6 is 0 Å². The maximum Gasteiger partial charge on any atom is 0.325 e. The normalized spacial score (nSPS) is 15.2. The van der Waals surface area contributed by atoms with Crippen LogP contribution in [0.3, 0.4) is 0 Å². The van der Waals surface area contributed by atoms with Crippen LogP contribution in [0.4, 0.5) is 0 Å². The van der Waals surface area contributed by atoms with E-state index < -0.39 is 17.4 Å². The van der Waals surface area contributed by atoms with Crippen molar-refractivity contribution in [2.75, 3.05) is 13.2 Å². The number of hydrogen-bond donors (Lipinski definition) is 2. The number of hydrogen-bond acceptors (Lipinski definition) is 4. The first kappa shape index (κ1) is 15.2. The Bertz CT molecular complexity index is 567. The van der Waals surface area contributed by atoms with Crippen molar-refractivity contribution in [2.24, 2.45) is 0 Å². The number of carbonyl (C=O) groups excluding carboxylic acids is 1. The molecule has 1 aliphatic rings. The summed E-state index contributed by atoms with van der Waals surface area (Å²) in [6.45, 7) is 5.89. The fourth-order valence-electron chi connectivity index (χ4n) is 2.00. The van der Waals surface area contributed by atoms with Gasteiger partial charge in [0.05, 0.1) is 5.41 Å². The van der Waals surface area contributed by atoms with E-state index in [4.69, 9.17) is 14.6 Å². The van der Waals surface area contributed by atoms with Gasteiger partial charge in [0.2, 0.25) is 5.91 Å². The van der Waals surface area contributed by atoms with Crippen molar-refractivity contribution in [3.63, 3.8) is 0 Å². The molecule has 6 nitrogen and oxygen atoms in total. The van der Waals surface area contributed by atoms with Gasteiger partial charge in [0.25, 0.3) is 0 Å². The van der Waals surface area contributed by atoms with Gasteiger partial charge in [0.1, 0.15) is 19.3 Å². The van der Waals surface area contributed by atoms with Crippen LogP contribution < -0.4 is 14.8 Å². The smallest absolute Gasteiger partial charge is 0.325 e. The summed E-state index contributed by atoms with van der Waals surface area (Å²) in [5, 5.41) is 11.4. The number of carbonyl (C=O) groups is 2. The van der Waals surface area contributed by atoms with Crippen LogP contribution in [-0.4, -0.2) is 36.2 Å². The molecule has 0 radical (unpaired) electrons. The minimum Gasteiger partial charge on any atom is -0.486 e. The zero-order valence-electron chi connectivity index (χ0n) is 12.3. The molecule has 6 heteroatoms. The van der Waals surface area contributed by atoms with Crippen LogP contribution in [0.1, 0.15) is 26.3 Å². The first-order valence-electron chi connectivity index (χ1n) is 6.76. The maximum atomic E-state index is 12.3. The number of ether oxygens (including phenoxy) is 2. The Morgan fingerprint density at radius 1 is 1.24 bits per heavy atom. The summed E-state index contributed by atoms with van der Waals surface area (Å²) in [4.78, 5) is 23.1. The summed E-state index contributed by atoms with van der Waals surface area (Å²) in [5.74, 6) is -0.165. The van der Waals surface area contributed by atoms with E-state index in [2.05, 4.69) is 5.32 Å². The van der Waals surface area contributed by atoms with Gasteiger partial charge in [-0.25, -0.2) is 0 Å². The molecule has 1 atom stereocenters. The van der Waals surface area contributed by atoms with Gasteiger partial charge in [0, 0.05) is 0 Å². The first-order valence-corrected chi connectivity index (χ1v) is 6.76. The standard InChI is InChI=1S/C15H19NO5/c1-9(13(17)18)16-14(19)15(2,3)10-4-5-11-12(8-10)21-7-6-20-11/h4-5,8-9H,6-7H2,1-3H3,(H,16,19)(H,17,18)/t9-/m1/s1. The van der Waals surface area contributed by atoms with E-state index in [9.17, 15) is 9.59 Å². The lowest BCUT2D eigenvalue weighted by Crippen LogP contribution is -2.47. The molecule has 1 aliphatic heterocycles. The molecular weight excluding hydrogens is 274 g/mol. The van der Waals surface area contributed by atoms with Crippen LogP contribution in [0.2, 0.25) is 0 Å². The number of benzene rings is 1. The van der Waals surface area contributed by atoms with Crippen molar-refractivity contribution < 1.29 is 24.2 Å². The average molecular weight is 293 g/mol. The summed E-state index contributed by atoms with van der Waals surface area (Å²) in [7, 11) is 0. The lowest BCUT2D eigenvalue weighted by molar-refractivity contribution is -0.142. The second-order valence-corrected chi connectivity index (χ2v) is 5.52. The zero-order valence-corrected chi connectivity index (χ0v) is 12.3. The molecular formula is C15H19NO5. The zero-order chi connectivity index (χ0) is 15.6. The second-order valence-electron chi connectivity index (χ2n) is 5.52. The highest BCUT2D eigenvalue weighted by Gasteiger charge is 2.32. The summed E-state index contributed by atoms with van der Waals surface area (Å²) < 4.78 is 11.0. The molecule has 2 rings (SSSR count). The van der Waals surface area contributed by atoms with Gasteiger partial charge in [-0.1, -0.05) is 6.07 Å². The molecule has 0 aromatic heterocycles. The quantitative estimate of drug-likeness (QED) is 0.874. The molecule has 114 valence electrons. The van der Waals surface area contributed by atoms with Crippen molar-refractivity contribution in [2.45, 2.75) is 32.2 Å². The lowest BCUT2D eigenvalue weighted by atomic mass is 9.83. The number of amides is 1. The van der Waals surface area contributed by atoms with E-state index in [1.807, 2.05) is 0 Å². The molecule has 0 aliphatic carbocycles. The number of carboxylic acids is 1. The van der Waals surface area contributed by atoms with E-state index in [0.717, 1.165) is 5.56 Å². The predicted molar refractivity (Wildman–Crippen MR) is 75.7 cm³/mol. The van der Waals surface area contributed by atoms with Crippen molar-refractivity contribution in [1.82, 2.24) is 5.32 Å². The third-order valence-electron chi connectivity index (χ3n) is 3.55. The first-order chi connectivity index (χ1) is 9.82. The molecule has 1 heterocycles. The minimum atomic E-state index is -1.07. The predicted octanol–water partition coefficient (Wildman–Crippen LogP) is 1.32. The van der Waals surface area contributed by atoms with Gasteiger partial charge in [-0.05, 0) is 38.5 Å². The molecule has 1 aromatic carbocycles. The Morgan fingerprint density at radius 2 is 1.86 bits per heavy atom. The van der Waals surface area contributed by atoms with E-state index in [1.54, 1.807) is 32.0 Å². The number of rotatable bonds is 4. The fourth-order valence-corrected chi connectivity index (χ4v) is 2.00. The van der Waals surface area contributed by atoms with Crippen LogP contribution in [0.5, 0.6) is 11.5 Å². The van der Waals surface area contributed by atoms with Gasteiger partial charge in [0.15, 0.2) is 11.5 Å². The molecule has 1 amide bonds. The van der Waals surface area contributed by atoms with Crippen LogP contribution in [0.15, 0.2) is 18.2 Å². The van der Waals surface area contributed by atoms with Crippen molar-refractivity contribution in [1.29, 1.82) is 0 Å². The Labute approximate surface area is 123 Å². The third kappa shape index (κ3) is 3.09. The average Bonchev–Trinajstić information content (AvgIpc) is 2.46. The van der Waals surface area contributed by atoms with E-state index >= 15 is 0 Å². The molecule has 21 heavy (non-hydrogen) atoms. The Morgan fingerprint density at radius 3 is 2.48 bits per heavy atom. The molecule has 0 unspecified atom stereocenters. The van der Waals surface area contributed by atoms with Crippen molar-refractivity contribution in [3.8, 4) is 11.5 Å². The molecule has 0 spiro atoms. The van der Waals surface area contributed by atoms with Crippen molar-refractivity contribution >= 4 is 11.9 Å². The van der Waals surface area contributed by atoms with Gasteiger partial charge >= 0.3 is 5.97 Å². The van der Waals surface area contributed by atoms with Crippen LogP contribution in [0.25, 0.3) is 0 Å². The van der Waals surface area contributed by atoms with Gasteiger partial charge in [-0.3, -0.25) is 9.59 Å². The van der Waals surface area contributed by atoms with E-state index in [1.165, 1.54) is 6.92 Å². The molecule has 0 saturated heterocycles. The summed E-state index contributed by atoms with van der Waals surface area (Å²) in [6, 6.07) is 4.38. The monoisotopic (exact) mass is 293 g/mol. The highest BCUT2D eigenvalue weighted by atomic mass is 16.6. The van der Waals surface area contributed by atoms with Crippen LogP contribution in [0, 0.1) is 0 Å². The van der Waals surface area contributed by atoms with Gasteiger partial charge in [-0.15, -0.1) is 0 Å². The molecule has 2 N–H and O–H groups in total. The van der Waals surface area contributed by atoms with Gasteiger partial charge < -0.3 is 19.9 Å². The molecule has 0 saturated carbocycles. The number of carboxylic acid groups (broad SMARTS) is 1. The highest BCUT2D eigenvalue weighted by molar-refractivity contribution is 5.90. The Balaban J connectivity index is 2.22. The molecule has 0 bridgehead atoms. The Hall–Kier alpha value is -2.24. The molecule has 1 aromatic rings. The number of aliphatic carboxylic acids is 1. The van der Waals surface area contributed by atoms with Crippen molar-refractivity contribution in [3.05, 3.63) is 23.8 Å². The van der Waals surface area contributed by atoms with E-state index in [-0.39, 0.29) is 5.91 Å². The lowest BCUT2D eigenvalue weighted by Gasteiger charge is -2.27. The number of nitrogens with one attached hydrogen (secondary N) is 1. The molecule has 0 fully saturated rings. The van der Waals surface area contributed by atoms with E-state index in [0.29, 0.717) is 24.7 Å². The summed E-state index contributed by atoms with van der Waals surface area (Å²) in [5.41, 5.74) is -0.138. The topological polar surface area (TPSA) is 84.9 Å². The summed E-state index contributed by atoms with van der Waals surface area (Å²) >= 11 is 0.